The highest BCUT2D eigenvalue weighted by Crippen LogP contribution is 2.42. The minimum Gasteiger partial charge on any atom is -0.493 e. The fraction of sp³-hybridized carbons (Fsp3) is 0.367. The molecule has 196 valence electrons. The molecule has 0 spiro atoms. The van der Waals surface area contributed by atoms with E-state index in [1.54, 1.807) is 25.6 Å². The zero-order chi connectivity index (χ0) is 26.2. The molecule has 0 fully saturated rings. The number of hydrogen-bond donors (Lipinski definition) is 0. The van der Waals surface area contributed by atoms with Crippen LogP contribution in [0.3, 0.4) is 0 Å². The number of nitrogens with zero attached hydrogens (tertiary/aromatic N) is 3. The number of aryl methyl sites for hydroxylation is 1. The molecule has 0 radical (unpaired) electrons. The fourth-order valence-corrected chi connectivity index (χ4v) is 7.12. The maximum absolute atomic E-state index is 13.8. The summed E-state index contributed by atoms with van der Waals surface area (Å²) in [6.45, 7) is 2.79. The summed E-state index contributed by atoms with van der Waals surface area (Å²) in [6.07, 6.45) is 5.47. The number of amides is 1. The van der Waals surface area contributed by atoms with E-state index in [4.69, 9.17) is 14.2 Å². The van der Waals surface area contributed by atoms with E-state index in [-0.39, 0.29) is 18.6 Å². The van der Waals surface area contributed by atoms with Crippen molar-refractivity contribution in [3.63, 3.8) is 0 Å². The monoisotopic (exact) mass is 529 g/mol. The number of carbonyl (C=O) groups is 1. The summed E-state index contributed by atoms with van der Waals surface area (Å²) >= 11 is 1.73. The highest BCUT2D eigenvalue weighted by molar-refractivity contribution is 7.18. The number of methoxy groups -OCH3 is 2. The molecule has 7 nitrogen and oxygen atoms in total. The van der Waals surface area contributed by atoms with Gasteiger partial charge in [0.25, 0.3) is 5.91 Å². The lowest BCUT2D eigenvalue weighted by atomic mass is 9.87. The smallest absolute Gasteiger partial charge is 0.261 e. The third-order valence-corrected chi connectivity index (χ3v) is 8.86. The Kier molecular flexibility index (Phi) is 6.66. The first kappa shape index (κ1) is 24.7. The van der Waals surface area contributed by atoms with Crippen LogP contribution in [-0.4, -0.2) is 48.1 Å². The summed E-state index contributed by atoms with van der Waals surface area (Å²) in [4.78, 5) is 26.9. The molecule has 38 heavy (non-hydrogen) atoms. The van der Waals surface area contributed by atoms with Gasteiger partial charge < -0.3 is 19.1 Å². The number of thiophene rings is 1. The summed E-state index contributed by atoms with van der Waals surface area (Å²) in [7, 11) is 3.28. The molecular weight excluding hydrogens is 498 g/mol. The lowest BCUT2D eigenvalue weighted by molar-refractivity contribution is -0.135. The van der Waals surface area contributed by atoms with E-state index in [9.17, 15) is 4.79 Å². The Morgan fingerprint density at radius 2 is 1.87 bits per heavy atom. The molecule has 2 aromatic carbocycles. The number of carbonyl (C=O) groups excluding carboxylic acids is 1. The second-order valence-corrected chi connectivity index (χ2v) is 11.1. The Hall–Kier alpha value is -3.65. The van der Waals surface area contributed by atoms with E-state index in [2.05, 4.69) is 29.0 Å². The maximum Gasteiger partial charge on any atom is 0.261 e. The van der Waals surface area contributed by atoms with Crippen LogP contribution in [0.1, 0.15) is 46.5 Å². The van der Waals surface area contributed by atoms with Crippen LogP contribution in [0.4, 0.5) is 0 Å². The van der Waals surface area contributed by atoms with E-state index < -0.39 is 0 Å². The van der Waals surface area contributed by atoms with Crippen molar-refractivity contribution in [3.05, 3.63) is 75.9 Å². The van der Waals surface area contributed by atoms with Gasteiger partial charge in [-0.25, -0.2) is 9.97 Å². The second kappa shape index (κ2) is 10.3. The molecule has 0 N–H and O–H groups in total. The fourth-order valence-electron chi connectivity index (χ4n) is 5.78. The van der Waals surface area contributed by atoms with Gasteiger partial charge in [-0.3, -0.25) is 4.79 Å². The first-order chi connectivity index (χ1) is 18.6. The Morgan fingerprint density at radius 1 is 1.08 bits per heavy atom. The zero-order valence-corrected chi connectivity index (χ0v) is 22.7. The van der Waals surface area contributed by atoms with Crippen molar-refractivity contribution < 1.29 is 19.0 Å². The Morgan fingerprint density at radius 3 is 2.66 bits per heavy atom. The number of hydrogen-bond acceptors (Lipinski definition) is 7. The zero-order valence-electron chi connectivity index (χ0n) is 21.9. The third-order valence-electron chi connectivity index (χ3n) is 7.70. The normalized spacial score (nSPS) is 18.6. The van der Waals surface area contributed by atoms with Gasteiger partial charge in [0.15, 0.2) is 18.1 Å². The SMILES string of the molecule is COc1cc2c(cc1OC)[C@H](c1ccccc1)N(C(=O)COc1ncnc3sc4c(c13)CC[C@@H](C)C4)CC2. The van der Waals surface area contributed by atoms with Crippen LogP contribution in [0.2, 0.25) is 0 Å². The average molecular weight is 530 g/mol. The second-order valence-electron chi connectivity index (χ2n) is 10.1. The van der Waals surface area contributed by atoms with Crippen LogP contribution < -0.4 is 14.2 Å². The van der Waals surface area contributed by atoms with Gasteiger partial charge in [0, 0.05) is 11.4 Å². The lowest BCUT2D eigenvalue weighted by Crippen LogP contribution is -2.43. The number of rotatable bonds is 6. The molecule has 8 heteroatoms. The molecule has 2 atom stereocenters. The average Bonchev–Trinajstić information content (AvgIpc) is 3.33. The molecule has 0 unspecified atom stereocenters. The van der Waals surface area contributed by atoms with Crippen molar-refractivity contribution in [2.45, 2.75) is 38.6 Å². The number of benzene rings is 2. The van der Waals surface area contributed by atoms with Crippen molar-refractivity contribution in [3.8, 4) is 17.4 Å². The molecule has 3 heterocycles. The molecule has 6 rings (SSSR count). The number of ether oxygens (including phenoxy) is 3. The summed E-state index contributed by atoms with van der Waals surface area (Å²) in [5.74, 6) is 2.45. The van der Waals surface area contributed by atoms with Crippen LogP contribution in [0.25, 0.3) is 10.2 Å². The van der Waals surface area contributed by atoms with Crippen molar-refractivity contribution in [1.29, 1.82) is 0 Å². The van der Waals surface area contributed by atoms with Crippen LogP contribution in [0, 0.1) is 5.92 Å². The number of fused-ring (bicyclic) bond motifs is 4. The quantitative estimate of drug-likeness (QED) is 0.334. The number of aromatic nitrogens is 2. The predicted octanol–water partition coefficient (Wildman–Crippen LogP) is 5.39. The lowest BCUT2D eigenvalue weighted by Gasteiger charge is -2.38. The largest absolute Gasteiger partial charge is 0.493 e. The Bertz CT molecular complexity index is 1490. The molecular formula is C30H31N3O4S. The van der Waals surface area contributed by atoms with Gasteiger partial charge in [-0.05, 0) is 66.0 Å². The molecule has 1 amide bonds. The molecule has 1 aliphatic carbocycles. The van der Waals surface area contributed by atoms with Crippen molar-refractivity contribution >= 4 is 27.5 Å². The van der Waals surface area contributed by atoms with E-state index in [1.807, 2.05) is 35.2 Å². The first-order valence-corrected chi connectivity index (χ1v) is 13.9. The molecule has 2 aliphatic rings. The molecule has 0 saturated heterocycles. The van der Waals surface area contributed by atoms with Gasteiger partial charge in [-0.15, -0.1) is 11.3 Å². The van der Waals surface area contributed by atoms with Crippen LogP contribution >= 0.6 is 11.3 Å². The highest BCUT2D eigenvalue weighted by atomic mass is 32.1. The summed E-state index contributed by atoms with van der Waals surface area (Å²) < 4.78 is 17.3. The van der Waals surface area contributed by atoms with E-state index in [0.717, 1.165) is 52.6 Å². The van der Waals surface area contributed by atoms with Crippen molar-refractivity contribution in [1.82, 2.24) is 14.9 Å². The van der Waals surface area contributed by atoms with E-state index in [1.165, 1.54) is 16.8 Å². The van der Waals surface area contributed by atoms with Crippen molar-refractivity contribution in [2.24, 2.45) is 5.92 Å². The van der Waals surface area contributed by atoms with Gasteiger partial charge in [0.2, 0.25) is 5.88 Å². The van der Waals surface area contributed by atoms with Crippen LogP contribution in [0.5, 0.6) is 17.4 Å². The molecule has 1 aliphatic heterocycles. The van der Waals surface area contributed by atoms with Crippen molar-refractivity contribution in [2.75, 3.05) is 27.4 Å². The standard InChI is InChI=1S/C30H31N3O4S/c1-18-9-10-21-25(13-18)38-30-27(21)29(31-17-32-30)37-16-26(34)33-12-11-20-14-23(35-2)24(36-3)15-22(20)28(33)19-7-5-4-6-8-19/h4-8,14-15,17-18,28H,9-13,16H2,1-3H3/t18-,28+/m1/s1. The highest BCUT2D eigenvalue weighted by Gasteiger charge is 2.34. The molecule has 4 aromatic rings. The third kappa shape index (κ3) is 4.36. The van der Waals surface area contributed by atoms with Gasteiger partial charge >= 0.3 is 0 Å². The molecule has 0 saturated carbocycles. The molecule has 0 bridgehead atoms. The predicted molar refractivity (Wildman–Crippen MR) is 147 cm³/mol. The minimum atomic E-state index is -0.253. The van der Waals surface area contributed by atoms with Gasteiger partial charge in [-0.1, -0.05) is 37.3 Å². The topological polar surface area (TPSA) is 73.8 Å². The summed E-state index contributed by atoms with van der Waals surface area (Å²) in [6, 6.07) is 13.9. The Balaban J connectivity index is 1.31. The van der Waals surface area contributed by atoms with E-state index >= 15 is 0 Å². The van der Waals surface area contributed by atoms with Gasteiger partial charge in [-0.2, -0.15) is 0 Å². The Labute approximate surface area is 226 Å². The summed E-state index contributed by atoms with van der Waals surface area (Å²) in [5, 5.41) is 0.979. The van der Waals surface area contributed by atoms with E-state index in [0.29, 0.717) is 29.8 Å². The minimum absolute atomic E-state index is 0.0798. The maximum atomic E-state index is 13.8. The van der Waals surface area contributed by atoms with Gasteiger partial charge in [0.1, 0.15) is 11.2 Å². The van der Waals surface area contributed by atoms with Gasteiger partial charge in [0.05, 0.1) is 25.6 Å². The molecule has 2 aromatic heterocycles. The van der Waals surface area contributed by atoms with Crippen LogP contribution in [0.15, 0.2) is 48.8 Å². The van der Waals surface area contributed by atoms with Crippen LogP contribution in [-0.2, 0) is 24.1 Å². The first-order valence-electron chi connectivity index (χ1n) is 13.0. The summed E-state index contributed by atoms with van der Waals surface area (Å²) in [5.41, 5.74) is 4.53.